The van der Waals surface area contributed by atoms with Crippen LogP contribution < -0.4 is 0 Å². The number of carbonyl (C=O) groups excluding carboxylic acids is 1. The number of halogens is 2. The van der Waals surface area contributed by atoms with E-state index in [1.165, 1.54) is 0 Å². The number of hydrogen-bond acceptors (Lipinski definition) is 2. The molecule has 0 unspecified atom stereocenters. The van der Waals surface area contributed by atoms with Crippen LogP contribution in [0.15, 0.2) is 42.7 Å². The van der Waals surface area contributed by atoms with Gasteiger partial charge in [-0.25, -0.2) is 0 Å². The van der Waals surface area contributed by atoms with Gasteiger partial charge in [0.05, 0.1) is 5.02 Å². The minimum atomic E-state index is 0.0413. The molecule has 1 aliphatic carbocycles. The molecule has 3 nitrogen and oxygen atoms in total. The van der Waals surface area contributed by atoms with Crippen molar-refractivity contribution in [2.24, 2.45) is 0 Å². The fourth-order valence-electron chi connectivity index (χ4n) is 2.24. The molecule has 108 valence electrons. The number of amides is 1. The van der Waals surface area contributed by atoms with Crippen molar-refractivity contribution < 1.29 is 4.79 Å². The molecule has 0 saturated heterocycles. The summed E-state index contributed by atoms with van der Waals surface area (Å²) < 4.78 is 0.955. The summed E-state index contributed by atoms with van der Waals surface area (Å²) in [6.07, 6.45) is 5.70. The highest BCUT2D eigenvalue weighted by Gasteiger charge is 2.33. The lowest BCUT2D eigenvalue weighted by Crippen LogP contribution is -2.32. The first kappa shape index (κ1) is 14.8. The minimum Gasteiger partial charge on any atom is -0.331 e. The van der Waals surface area contributed by atoms with E-state index in [9.17, 15) is 4.79 Å². The number of rotatable bonds is 4. The maximum Gasteiger partial charge on any atom is 0.254 e. The SMILES string of the molecule is O=C(c1ccc(I)c(Cl)c1)N(Cc1cccnc1)C1CC1. The van der Waals surface area contributed by atoms with Gasteiger partial charge in [-0.05, 0) is 65.3 Å². The Morgan fingerprint density at radius 1 is 1.38 bits per heavy atom. The van der Waals surface area contributed by atoms with Gasteiger partial charge < -0.3 is 4.90 Å². The molecular formula is C16H14ClIN2O. The summed E-state index contributed by atoms with van der Waals surface area (Å²) >= 11 is 8.29. The second kappa shape index (κ2) is 6.32. The number of hydrogen-bond donors (Lipinski definition) is 0. The van der Waals surface area contributed by atoms with Crippen molar-refractivity contribution in [2.45, 2.75) is 25.4 Å². The molecule has 1 amide bonds. The lowest BCUT2D eigenvalue weighted by molar-refractivity contribution is 0.0730. The predicted octanol–water partition coefficient (Wildman–Crippen LogP) is 4.14. The van der Waals surface area contributed by atoms with Crippen molar-refractivity contribution in [3.8, 4) is 0 Å². The van der Waals surface area contributed by atoms with Crippen LogP contribution in [-0.4, -0.2) is 21.8 Å². The molecule has 1 fully saturated rings. The Bertz CT molecular complexity index is 659. The van der Waals surface area contributed by atoms with Crippen molar-refractivity contribution in [3.63, 3.8) is 0 Å². The molecule has 0 aliphatic heterocycles. The lowest BCUT2D eigenvalue weighted by atomic mass is 10.1. The monoisotopic (exact) mass is 412 g/mol. The van der Waals surface area contributed by atoms with E-state index in [2.05, 4.69) is 27.6 Å². The van der Waals surface area contributed by atoms with Gasteiger partial charge in [0.25, 0.3) is 5.91 Å². The van der Waals surface area contributed by atoms with Gasteiger partial charge in [0.1, 0.15) is 0 Å². The van der Waals surface area contributed by atoms with E-state index in [0.717, 1.165) is 22.0 Å². The van der Waals surface area contributed by atoms with E-state index in [1.807, 2.05) is 35.4 Å². The standard InChI is InChI=1S/C16H14ClIN2O/c17-14-8-12(3-6-15(14)18)16(21)20(13-4-5-13)10-11-2-1-7-19-9-11/h1-3,6-9,13H,4-5,10H2. The van der Waals surface area contributed by atoms with E-state index >= 15 is 0 Å². The molecule has 5 heteroatoms. The molecule has 0 bridgehead atoms. The van der Waals surface area contributed by atoms with Crippen LogP contribution in [0.5, 0.6) is 0 Å². The third-order valence-corrected chi connectivity index (χ3v) is 5.06. The van der Waals surface area contributed by atoms with Crippen molar-refractivity contribution in [2.75, 3.05) is 0 Å². The predicted molar refractivity (Wildman–Crippen MR) is 91.3 cm³/mol. The molecule has 1 aliphatic rings. The van der Waals surface area contributed by atoms with Crippen LogP contribution in [-0.2, 0) is 6.54 Å². The molecule has 3 rings (SSSR count). The molecule has 1 aromatic heterocycles. The highest BCUT2D eigenvalue weighted by molar-refractivity contribution is 14.1. The summed E-state index contributed by atoms with van der Waals surface area (Å²) in [7, 11) is 0. The summed E-state index contributed by atoms with van der Waals surface area (Å²) in [5.41, 5.74) is 1.70. The van der Waals surface area contributed by atoms with Crippen molar-refractivity contribution >= 4 is 40.1 Å². The fraction of sp³-hybridized carbons (Fsp3) is 0.250. The second-order valence-electron chi connectivity index (χ2n) is 5.15. The topological polar surface area (TPSA) is 33.2 Å². The Hall–Kier alpha value is -1.14. The van der Waals surface area contributed by atoms with Gasteiger partial charge in [0.15, 0.2) is 0 Å². The molecule has 21 heavy (non-hydrogen) atoms. The minimum absolute atomic E-state index is 0.0413. The maximum atomic E-state index is 12.7. The van der Waals surface area contributed by atoms with Crippen LogP contribution in [0.4, 0.5) is 0 Å². The summed E-state index contributed by atoms with van der Waals surface area (Å²) in [5.74, 6) is 0.0413. The van der Waals surface area contributed by atoms with Crippen LogP contribution in [0, 0.1) is 3.57 Å². The number of pyridine rings is 1. The number of carbonyl (C=O) groups is 1. The lowest BCUT2D eigenvalue weighted by Gasteiger charge is -2.22. The average Bonchev–Trinajstić information content (AvgIpc) is 3.33. The molecule has 0 N–H and O–H groups in total. The molecule has 1 saturated carbocycles. The van der Waals surface area contributed by atoms with Crippen LogP contribution >= 0.6 is 34.2 Å². The Balaban J connectivity index is 1.83. The van der Waals surface area contributed by atoms with E-state index in [0.29, 0.717) is 23.2 Å². The first-order valence-electron chi connectivity index (χ1n) is 6.80. The van der Waals surface area contributed by atoms with Crippen LogP contribution in [0.2, 0.25) is 5.02 Å². The van der Waals surface area contributed by atoms with Crippen molar-refractivity contribution in [1.29, 1.82) is 0 Å². The van der Waals surface area contributed by atoms with Crippen LogP contribution in [0.3, 0.4) is 0 Å². The van der Waals surface area contributed by atoms with Crippen molar-refractivity contribution in [1.82, 2.24) is 9.88 Å². The first-order chi connectivity index (χ1) is 10.1. The smallest absolute Gasteiger partial charge is 0.254 e. The molecule has 1 aromatic carbocycles. The molecule has 0 spiro atoms. The second-order valence-corrected chi connectivity index (χ2v) is 6.72. The zero-order valence-corrected chi connectivity index (χ0v) is 14.2. The summed E-state index contributed by atoms with van der Waals surface area (Å²) in [4.78, 5) is 18.8. The van der Waals surface area contributed by atoms with Gasteiger partial charge in [-0.15, -0.1) is 0 Å². The van der Waals surface area contributed by atoms with Crippen LogP contribution in [0.1, 0.15) is 28.8 Å². The van der Waals surface area contributed by atoms with E-state index in [1.54, 1.807) is 12.3 Å². The van der Waals surface area contributed by atoms with Gasteiger partial charge in [0.2, 0.25) is 0 Å². The Kier molecular flexibility index (Phi) is 4.45. The molecular weight excluding hydrogens is 399 g/mol. The highest BCUT2D eigenvalue weighted by atomic mass is 127. The average molecular weight is 413 g/mol. The van der Waals surface area contributed by atoms with Gasteiger partial charge in [0, 0.05) is 34.1 Å². The fourth-order valence-corrected chi connectivity index (χ4v) is 2.75. The Labute approximate surface area is 142 Å². The van der Waals surface area contributed by atoms with Crippen molar-refractivity contribution in [3.05, 3.63) is 62.4 Å². The zero-order valence-electron chi connectivity index (χ0n) is 11.3. The molecule has 0 radical (unpaired) electrons. The van der Waals surface area contributed by atoms with E-state index in [4.69, 9.17) is 11.6 Å². The number of aromatic nitrogens is 1. The maximum absolute atomic E-state index is 12.7. The molecule has 2 aromatic rings. The highest BCUT2D eigenvalue weighted by Crippen LogP contribution is 2.30. The van der Waals surface area contributed by atoms with E-state index < -0.39 is 0 Å². The number of nitrogens with zero attached hydrogens (tertiary/aromatic N) is 2. The van der Waals surface area contributed by atoms with Gasteiger partial charge in [-0.2, -0.15) is 0 Å². The summed E-state index contributed by atoms with van der Waals surface area (Å²) in [6.45, 7) is 0.598. The third kappa shape index (κ3) is 3.55. The quantitative estimate of drug-likeness (QED) is 0.707. The largest absolute Gasteiger partial charge is 0.331 e. The zero-order chi connectivity index (χ0) is 14.8. The third-order valence-electron chi connectivity index (χ3n) is 3.49. The summed E-state index contributed by atoms with van der Waals surface area (Å²) in [6, 6.07) is 9.71. The van der Waals surface area contributed by atoms with Crippen LogP contribution in [0.25, 0.3) is 0 Å². The van der Waals surface area contributed by atoms with Gasteiger partial charge >= 0.3 is 0 Å². The summed E-state index contributed by atoms with van der Waals surface area (Å²) in [5, 5.41) is 0.624. The normalized spacial score (nSPS) is 14.0. The Morgan fingerprint density at radius 2 is 2.19 bits per heavy atom. The van der Waals surface area contributed by atoms with Gasteiger partial charge in [-0.1, -0.05) is 17.7 Å². The Morgan fingerprint density at radius 3 is 2.81 bits per heavy atom. The molecule has 1 heterocycles. The van der Waals surface area contributed by atoms with E-state index in [-0.39, 0.29) is 5.91 Å². The number of benzene rings is 1. The first-order valence-corrected chi connectivity index (χ1v) is 8.26. The van der Waals surface area contributed by atoms with Gasteiger partial charge in [-0.3, -0.25) is 9.78 Å². The molecule has 0 atom stereocenters.